The maximum atomic E-state index is 12.3. The number of nitrogens with zero attached hydrogens (tertiary/aromatic N) is 2. The largest absolute Gasteiger partial charge is 0.495 e. The van der Waals surface area contributed by atoms with Gasteiger partial charge in [0, 0.05) is 38.2 Å². The number of methoxy groups -OCH3 is 1. The molecular formula is C23H29N3O5S. The van der Waals surface area contributed by atoms with Crippen LogP contribution < -0.4 is 19.3 Å². The van der Waals surface area contributed by atoms with Gasteiger partial charge >= 0.3 is 0 Å². The van der Waals surface area contributed by atoms with E-state index < -0.39 is 10.0 Å². The van der Waals surface area contributed by atoms with E-state index in [1.54, 1.807) is 29.2 Å². The molecule has 1 aliphatic rings. The Morgan fingerprint density at radius 3 is 2.66 bits per heavy atom. The summed E-state index contributed by atoms with van der Waals surface area (Å²) in [6.45, 7) is 1.23. The topological polar surface area (TPSA) is 96.0 Å². The zero-order chi connectivity index (χ0) is 23.1. The fourth-order valence-electron chi connectivity index (χ4n) is 3.73. The van der Waals surface area contributed by atoms with Gasteiger partial charge in [-0.2, -0.15) is 0 Å². The van der Waals surface area contributed by atoms with Crippen LogP contribution in [0, 0.1) is 0 Å². The second kappa shape index (κ2) is 10.5. The molecular weight excluding hydrogens is 430 g/mol. The summed E-state index contributed by atoms with van der Waals surface area (Å²) >= 11 is 0. The van der Waals surface area contributed by atoms with Gasteiger partial charge in [-0.3, -0.25) is 13.9 Å². The first kappa shape index (κ1) is 23.6. The first-order valence-electron chi connectivity index (χ1n) is 10.6. The van der Waals surface area contributed by atoms with Gasteiger partial charge in [0.2, 0.25) is 21.8 Å². The van der Waals surface area contributed by atoms with Crippen molar-refractivity contribution in [2.45, 2.75) is 32.2 Å². The average Bonchev–Trinajstić information content (AvgIpc) is 3.20. The van der Waals surface area contributed by atoms with Gasteiger partial charge in [0.25, 0.3) is 0 Å². The Balaban J connectivity index is 1.54. The molecule has 0 atom stereocenters. The molecule has 2 aromatic rings. The van der Waals surface area contributed by atoms with E-state index in [1.807, 2.05) is 24.3 Å². The number of rotatable bonds is 10. The van der Waals surface area contributed by atoms with Crippen LogP contribution in [0.1, 0.15) is 31.2 Å². The standard InChI is InChI=1S/C23H29N3O5S/c1-31-21-11-4-3-10-20(21)26(32(2,29)30)15-6-12-22(27)24-17-18-8-5-9-19(16-18)25-14-7-13-23(25)28/h3-5,8-11,16H,6-7,12-15,17H2,1-2H3,(H,24,27). The zero-order valence-electron chi connectivity index (χ0n) is 18.4. The third-order valence-electron chi connectivity index (χ3n) is 5.30. The smallest absolute Gasteiger partial charge is 0.232 e. The van der Waals surface area contributed by atoms with Crippen LogP contribution in [0.15, 0.2) is 48.5 Å². The lowest BCUT2D eigenvalue weighted by atomic mass is 10.2. The van der Waals surface area contributed by atoms with E-state index in [9.17, 15) is 18.0 Å². The second-order valence-corrected chi connectivity index (χ2v) is 9.61. The van der Waals surface area contributed by atoms with Crippen molar-refractivity contribution in [3.8, 4) is 5.75 Å². The maximum Gasteiger partial charge on any atom is 0.232 e. The first-order chi connectivity index (χ1) is 15.3. The van der Waals surface area contributed by atoms with Crippen LogP contribution in [0.2, 0.25) is 0 Å². The molecule has 3 rings (SSSR count). The summed E-state index contributed by atoms with van der Waals surface area (Å²) in [5.74, 6) is 0.413. The van der Waals surface area contributed by atoms with Gasteiger partial charge < -0.3 is 15.0 Å². The van der Waals surface area contributed by atoms with Crippen molar-refractivity contribution >= 4 is 33.2 Å². The van der Waals surface area contributed by atoms with Gasteiger partial charge in [0.1, 0.15) is 5.75 Å². The predicted octanol–water partition coefficient (Wildman–Crippen LogP) is 2.68. The Bertz CT molecular complexity index is 1070. The number of carbonyl (C=O) groups excluding carboxylic acids is 2. The highest BCUT2D eigenvalue weighted by atomic mass is 32.2. The van der Waals surface area contributed by atoms with Crippen LogP contribution >= 0.6 is 0 Å². The molecule has 0 spiro atoms. The molecule has 1 heterocycles. The highest BCUT2D eigenvalue weighted by molar-refractivity contribution is 7.92. The van der Waals surface area contributed by atoms with E-state index in [0.717, 1.165) is 30.5 Å². The van der Waals surface area contributed by atoms with Crippen LogP contribution in [0.3, 0.4) is 0 Å². The van der Waals surface area contributed by atoms with Crippen LogP contribution in [0.4, 0.5) is 11.4 Å². The summed E-state index contributed by atoms with van der Waals surface area (Å²) in [6.07, 6.45) is 3.11. The molecule has 0 saturated carbocycles. The normalized spacial score (nSPS) is 13.8. The molecule has 0 unspecified atom stereocenters. The summed E-state index contributed by atoms with van der Waals surface area (Å²) in [4.78, 5) is 26.0. The molecule has 0 bridgehead atoms. The molecule has 172 valence electrons. The minimum absolute atomic E-state index is 0.122. The highest BCUT2D eigenvalue weighted by Crippen LogP contribution is 2.29. The minimum atomic E-state index is -3.53. The summed E-state index contributed by atoms with van der Waals surface area (Å²) in [5, 5.41) is 2.87. The number of hydrogen-bond acceptors (Lipinski definition) is 5. The number of para-hydroxylation sites is 2. The number of nitrogens with one attached hydrogen (secondary N) is 1. The van der Waals surface area contributed by atoms with Gasteiger partial charge in [-0.1, -0.05) is 24.3 Å². The summed E-state index contributed by atoms with van der Waals surface area (Å²) < 4.78 is 31.1. The Morgan fingerprint density at radius 1 is 1.19 bits per heavy atom. The quantitative estimate of drug-likeness (QED) is 0.589. The van der Waals surface area contributed by atoms with Gasteiger partial charge in [-0.25, -0.2) is 8.42 Å². The van der Waals surface area contributed by atoms with Crippen LogP contribution in [0.5, 0.6) is 5.75 Å². The lowest BCUT2D eigenvalue weighted by Gasteiger charge is -2.24. The number of hydrogen-bond donors (Lipinski definition) is 1. The minimum Gasteiger partial charge on any atom is -0.495 e. The van der Waals surface area contributed by atoms with Crippen molar-refractivity contribution in [3.63, 3.8) is 0 Å². The van der Waals surface area contributed by atoms with Crippen molar-refractivity contribution in [3.05, 3.63) is 54.1 Å². The van der Waals surface area contributed by atoms with Crippen molar-refractivity contribution in [2.75, 3.05) is 35.7 Å². The number of benzene rings is 2. The second-order valence-electron chi connectivity index (χ2n) is 7.71. The number of amides is 2. The number of carbonyl (C=O) groups is 2. The summed E-state index contributed by atoms with van der Waals surface area (Å²) in [5.41, 5.74) is 2.20. The molecule has 2 aromatic carbocycles. The summed E-state index contributed by atoms with van der Waals surface area (Å²) in [7, 11) is -2.04. The fraction of sp³-hybridized carbons (Fsp3) is 0.391. The first-order valence-corrected chi connectivity index (χ1v) is 12.4. The highest BCUT2D eigenvalue weighted by Gasteiger charge is 2.22. The van der Waals surface area contributed by atoms with Crippen LogP contribution in [-0.2, 0) is 26.2 Å². The molecule has 1 N–H and O–H groups in total. The monoisotopic (exact) mass is 459 g/mol. The van der Waals surface area contributed by atoms with Gasteiger partial charge in [0.15, 0.2) is 0 Å². The van der Waals surface area contributed by atoms with E-state index in [0.29, 0.717) is 30.8 Å². The molecule has 0 radical (unpaired) electrons. The molecule has 2 amide bonds. The van der Waals surface area contributed by atoms with Crippen LogP contribution in [-0.4, -0.2) is 46.7 Å². The van der Waals surface area contributed by atoms with E-state index in [-0.39, 0.29) is 24.8 Å². The van der Waals surface area contributed by atoms with Gasteiger partial charge in [-0.05, 0) is 42.7 Å². The number of sulfonamides is 1. The molecule has 8 nitrogen and oxygen atoms in total. The number of ether oxygens (including phenoxy) is 1. The molecule has 1 aliphatic heterocycles. The maximum absolute atomic E-state index is 12.3. The molecule has 32 heavy (non-hydrogen) atoms. The van der Waals surface area contributed by atoms with Gasteiger partial charge in [0.05, 0.1) is 19.1 Å². The predicted molar refractivity (Wildman–Crippen MR) is 124 cm³/mol. The number of anilines is 2. The van der Waals surface area contributed by atoms with E-state index in [1.165, 1.54) is 11.4 Å². The molecule has 0 aromatic heterocycles. The van der Waals surface area contributed by atoms with E-state index in [4.69, 9.17) is 4.74 Å². The third-order valence-corrected chi connectivity index (χ3v) is 6.48. The average molecular weight is 460 g/mol. The molecule has 1 fully saturated rings. The Labute approximate surface area is 189 Å². The van der Waals surface area contributed by atoms with Crippen molar-refractivity contribution in [1.29, 1.82) is 0 Å². The lowest BCUT2D eigenvalue weighted by Crippen LogP contribution is -2.32. The molecule has 1 saturated heterocycles. The summed E-state index contributed by atoms with van der Waals surface area (Å²) in [6, 6.07) is 14.5. The Hall–Kier alpha value is -3.07. The van der Waals surface area contributed by atoms with Crippen molar-refractivity contribution in [2.24, 2.45) is 0 Å². The van der Waals surface area contributed by atoms with Gasteiger partial charge in [-0.15, -0.1) is 0 Å². The van der Waals surface area contributed by atoms with E-state index in [2.05, 4.69) is 5.32 Å². The molecule has 0 aliphatic carbocycles. The third kappa shape index (κ3) is 6.00. The van der Waals surface area contributed by atoms with Crippen molar-refractivity contribution in [1.82, 2.24) is 5.32 Å². The lowest BCUT2D eigenvalue weighted by molar-refractivity contribution is -0.121. The fourth-order valence-corrected chi connectivity index (χ4v) is 4.70. The van der Waals surface area contributed by atoms with Crippen molar-refractivity contribution < 1.29 is 22.7 Å². The SMILES string of the molecule is COc1ccccc1N(CCCC(=O)NCc1cccc(N2CCCC2=O)c1)S(C)(=O)=O. The Kier molecular flexibility index (Phi) is 7.74. The van der Waals surface area contributed by atoms with E-state index >= 15 is 0 Å². The Morgan fingerprint density at radius 2 is 1.97 bits per heavy atom. The molecule has 9 heteroatoms. The van der Waals surface area contributed by atoms with Crippen LogP contribution in [0.25, 0.3) is 0 Å². The zero-order valence-corrected chi connectivity index (χ0v) is 19.2.